The molecule has 0 aromatic heterocycles. The standard InChI is InChI=1S/C14H21F3N2O2/c15-14(16,17)13(21)19-8-6-10(7-9-19)12(20)18-11-4-2-1-3-5-11/h10-11H,1-9H2,(H,18,20). The van der Waals surface area contributed by atoms with Crippen molar-refractivity contribution in [1.82, 2.24) is 10.2 Å². The predicted molar refractivity (Wildman–Crippen MR) is 70.4 cm³/mol. The molecule has 0 spiro atoms. The number of halogens is 3. The van der Waals surface area contributed by atoms with Gasteiger partial charge >= 0.3 is 12.1 Å². The summed E-state index contributed by atoms with van der Waals surface area (Å²) in [5, 5.41) is 3.00. The van der Waals surface area contributed by atoms with Gasteiger partial charge in [-0.15, -0.1) is 0 Å². The SMILES string of the molecule is O=C(NC1CCCCC1)C1CCN(C(=O)C(F)(F)F)CC1. The van der Waals surface area contributed by atoms with E-state index in [2.05, 4.69) is 5.32 Å². The third-order valence-electron chi connectivity index (χ3n) is 4.35. The van der Waals surface area contributed by atoms with Gasteiger partial charge in [-0.05, 0) is 25.7 Å². The lowest BCUT2D eigenvalue weighted by molar-refractivity contribution is -0.186. The van der Waals surface area contributed by atoms with Gasteiger partial charge in [-0.3, -0.25) is 9.59 Å². The molecule has 1 saturated carbocycles. The first-order chi connectivity index (χ1) is 9.88. The number of carbonyl (C=O) groups is 2. The molecule has 120 valence electrons. The van der Waals surface area contributed by atoms with Gasteiger partial charge in [0, 0.05) is 25.0 Å². The maximum Gasteiger partial charge on any atom is 0.471 e. The lowest BCUT2D eigenvalue weighted by atomic mass is 9.92. The number of rotatable bonds is 2. The first kappa shape index (κ1) is 16.1. The van der Waals surface area contributed by atoms with Crippen LogP contribution in [0.5, 0.6) is 0 Å². The molecule has 1 saturated heterocycles. The van der Waals surface area contributed by atoms with Gasteiger partial charge in [-0.2, -0.15) is 13.2 Å². The summed E-state index contributed by atoms with van der Waals surface area (Å²) >= 11 is 0. The van der Waals surface area contributed by atoms with Gasteiger partial charge in [0.2, 0.25) is 5.91 Å². The Balaban J connectivity index is 1.78. The number of amides is 2. The number of piperidine rings is 1. The summed E-state index contributed by atoms with van der Waals surface area (Å²) in [6.07, 6.45) is 1.18. The van der Waals surface area contributed by atoms with Gasteiger partial charge in [0.1, 0.15) is 0 Å². The number of carbonyl (C=O) groups excluding carboxylic acids is 2. The van der Waals surface area contributed by atoms with Crippen molar-refractivity contribution in [3.8, 4) is 0 Å². The molecule has 0 atom stereocenters. The van der Waals surface area contributed by atoms with Crippen LogP contribution in [0.25, 0.3) is 0 Å². The van der Waals surface area contributed by atoms with Crippen LogP contribution in [0.2, 0.25) is 0 Å². The van der Waals surface area contributed by atoms with E-state index in [1.165, 1.54) is 6.42 Å². The molecular formula is C14H21F3N2O2. The Morgan fingerprint density at radius 3 is 2.05 bits per heavy atom. The summed E-state index contributed by atoms with van der Waals surface area (Å²) in [4.78, 5) is 24.0. The molecule has 2 amide bonds. The molecule has 1 heterocycles. The maximum atomic E-state index is 12.3. The van der Waals surface area contributed by atoms with Gasteiger partial charge in [-0.25, -0.2) is 0 Å². The Morgan fingerprint density at radius 1 is 0.952 bits per heavy atom. The Kier molecular flexibility index (Phi) is 5.11. The number of nitrogens with zero attached hydrogens (tertiary/aromatic N) is 1. The number of alkyl halides is 3. The van der Waals surface area contributed by atoms with Crippen molar-refractivity contribution < 1.29 is 22.8 Å². The summed E-state index contributed by atoms with van der Waals surface area (Å²) in [6.45, 7) is 0.00218. The molecule has 0 bridgehead atoms. The van der Waals surface area contributed by atoms with E-state index < -0.39 is 12.1 Å². The van der Waals surface area contributed by atoms with Crippen molar-refractivity contribution in [2.45, 2.75) is 57.2 Å². The molecule has 1 aliphatic carbocycles. The summed E-state index contributed by atoms with van der Waals surface area (Å²) in [5.41, 5.74) is 0. The van der Waals surface area contributed by atoms with E-state index in [-0.39, 0.29) is 31.0 Å². The third-order valence-corrected chi connectivity index (χ3v) is 4.35. The highest BCUT2D eigenvalue weighted by Crippen LogP contribution is 2.25. The molecule has 2 rings (SSSR count). The largest absolute Gasteiger partial charge is 0.471 e. The number of likely N-dealkylation sites (tertiary alicyclic amines) is 1. The fourth-order valence-corrected chi connectivity index (χ4v) is 3.09. The van der Waals surface area contributed by atoms with Gasteiger partial charge in [0.25, 0.3) is 0 Å². The predicted octanol–water partition coefficient (Wildman–Crippen LogP) is 2.24. The van der Waals surface area contributed by atoms with Crippen LogP contribution in [0.1, 0.15) is 44.9 Å². The molecule has 1 N–H and O–H groups in total. The van der Waals surface area contributed by atoms with E-state index in [1.807, 2.05) is 0 Å². The second-order valence-electron chi connectivity index (χ2n) is 5.91. The van der Waals surface area contributed by atoms with Gasteiger partial charge in [0.15, 0.2) is 0 Å². The van der Waals surface area contributed by atoms with Crippen LogP contribution in [0.3, 0.4) is 0 Å². The Bertz CT molecular complexity index is 384. The molecule has 0 aromatic rings. The van der Waals surface area contributed by atoms with E-state index >= 15 is 0 Å². The first-order valence-electron chi connectivity index (χ1n) is 7.54. The lowest BCUT2D eigenvalue weighted by Crippen LogP contribution is -2.48. The zero-order valence-corrected chi connectivity index (χ0v) is 11.9. The first-order valence-corrected chi connectivity index (χ1v) is 7.54. The molecule has 7 heteroatoms. The summed E-state index contributed by atoms with van der Waals surface area (Å²) in [6, 6.07) is 0.209. The molecule has 21 heavy (non-hydrogen) atoms. The van der Waals surface area contributed by atoms with Crippen molar-refractivity contribution in [2.75, 3.05) is 13.1 Å². The highest BCUT2D eigenvalue weighted by molar-refractivity contribution is 5.83. The van der Waals surface area contributed by atoms with Gasteiger partial charge < -0.3 is 10.2 Å². The number of hydrogen-bond acceptors (Lipinski definition) is 2. The van der Waals surface area contributed by atoms with Crippen molar-refractivity contribution in [3.05, 3.63) is 0 Å². The topological polar surface area (TPSA) is 49.4 Å². The van der Waals surface area contributed by atoms with Crippen LogP contribution >= 0.6 is 0 Å². The second-order valence-corrected chi connectivity index (χ2v) is 5.91. The fraction of sp³-hybridized carbons (Fsp3) is 0.857. The smallest absolute Gasteiger partial charge is 0.353 e. The minimum Gasteiger partial charge on any atom is -0.353 e. The van der Waals surface area contributed by atoms with Crippen LogP contribution in [-0.4, -0.2) is 42.0 Å². The van der Waals surface area contributed by atoms with E-state index in [0.29, 0.717) is 12.8 Å². The molecule has 0 aromatic carbocycles. The minimum absolute atomic E-state index is 0.00109. The normalized spacial score (nSPS) is 22.1. The summed E-state index contributed by atoms with van der Waals surface area (Å²) < 4.78 is 37.0. The molecular weight excluding hydrogens is 285 g/mol. The van der Waals surface area contributed by atoms with Crippen LogP contribution in [0.4, 0.5) is 13.2 Å². The molecule has 0 unspecified atom stereocenters. The third kappa shape index (κ3) is 4.35. The number of hydrogen-bond donors (Lipinski definition) is 1. The zero-order valence-electron chi connectivity index (χ0n) is 11.9. The maximum absolute atomic E-state index is 12.3. The summed E-state index contributed by atoms with van der Waals surface area (Å²) in [5.74, 6) is -2.14. The highest BCUT2D eigenvalue weighted by atomic mass is 19.4. The summed E-state index contributed by atoms with van der Waals surface area (Å²) in [7, 11) is 0. The van der Waals surface area contributed by atoms with Crippen molar-refractivity contribution in [3.63, 3.8) is 0 Å². The van der Waals surface area contributed by atoms with Crippen molar-refractivity contribution in [1.29, 1.82) is 0 Å². The Hall–Kier alpha value is -1.27. The van der Waals surface area contributed by atoms with Gasteiger partial charge in [0.05, 0.1) is 0 Å². The van der Waals surface area contributed by atoms with E-state index in [4.69, 9.17) is 0 Å². The Morgan fingerprint density at radius 2 is 1.52 bits per heavy atom. The fourth-order valence-electron chi connectivity index (χ4n) is 3.09. The minimum atomic E-state index is -4.82. The number of nitrogens with one attached hydrogen (secondary N) is 1. The highest BCUT2D eigenvalue weighted by Gasteiger charge is 2.43. The molecule has 2 aliphatic rings. The quantitative estimate of drug-likeness (QED) is 0.850. The van der Waals surface area contributed by atoms with Crippen molar-refractivity contribution >= 4 is 11.8 Å². The molecule has 0 radical (unpaired) electrons. The Labute approximate surface area is 122 Å². The zero-order chi connectivity index (χ0) is 15.5. The van der Waals surface area contributed by atoms with Crippen LogP contribution in [-0.2, 0) is 9.59 Å². The van der Waals surface area contributed by atoms with Crippen LogP contribution in [0.15, 0.2) is 0 Å². The van der Waals surface area contributed by atoms with E-state index in [0.717, 1.165) is 30.6 Å². The second kappa shape index (κ2) is 6.66. The van der Waals surface area contributed by atoms with Crippen molar-refractivity contribution in [2.24, 2.45) is 5.92 Å². The van der Waals surface area contributed by atoms with E-state index in [1.54, 1.807) is 0 Å². The van der Waals surface area contributed by atoms with Gasteiger partial charge in [-0.1, -0.05) is 19.3 Å². The molecule has 1 aliphatic heterocycles. The molecule has 2 fully saturated rings. The van der Waals surface area contributed by atoms with E-state index in [9.17, 15) is 22.8 Å². The average molecular weight is 306 g/mol. The van der Waals surface area contributed by atoms with Crippen LogP contribution in [0, 0.1) is 5.92 Å². The molecule has 4 nitrogen and oxygen atoms in total. The lowest BCUT2D eigenvalue weighted by Gasteiger charge is -2.33. The monoisotopic (exact) mass is 306 g/mol. The average Bonchev–Trinajstić information content (AvgIpc) is 2.46. The van der Waals surface area contributed by atoms with Crippen LogP contribution < -0.4 is 5.32 Å².